The van der Waals surface area contributed by atoms with Crippen molar-refractivity contribution in [1.82, 2.24) is 5.32 Å². The van der Waals surface area contributed by atoms with Crippen LogP contribution < -0.4 is 10.1 Å². The van der Waals surface area contributed by atoms with Crippen molar-refractivity contribution in [3.8, 4) is 5.75 Å². The van der Waals surface area contributed by atoms with Crippen molar-refractivity contribution < 1.29 is 19.4 Å². The summed E-state index contributed by atoms with van der Waals surface area (Å²) < 4.78 is 6.52. The number of ether oxygens (including phenoxy) is 1. The maximum atomic E-state index is 11.9. The highest BCUT2D eigenvalue weighted by atomic mass is 79.9. The lowest BCUT2D eigenvalue weighted by Crippen LogP contribution is -2.54. The lowest BCUT2D eigenvalue weighted by Gasteiger charge is -2.41. The monoisotopic (exact) mass is 369 g/mol. The molecular formula is C16H20BrNO4. The molecule has 2 N–H and O–H groups in total. The van der Waals surface area contributed by atoms with E-state index in [0.29, 0.717) is 19.4 Å². The minimum absolute atomic E-state index is 0.00722. The Morgan fingerprint density at radius 3 is 2.73 bits per heavy atom. The predicted molar refractivity (Wildman–Crippen MR) is 85.8 cm³/mol. The van der Waals surface area contributed by atoms with E-state index < -0.39 is 11.5 Å². The van der Waals surface area contributed by atoms with E-state index in [2.05, 4.69) is 21.2 Å². The molecular weight excluding hydrogens is 350 g/mol. The number of carbonyl (C=O) groups excluding carboxylic acids is 1. The average Bonchev–Trinajstić information content (AvgIpc) is 2.41. The highest BCUT2D eigenvalue weighted by Gasteiger charge is 2.40. The summed E-state index contributed by atoms with van der Waals surface area (Å²) in [4.78, 5) is 22.8. The number of hydrogen-bond donors (Lipinski definition) is 2. The number of amides is 1. The van der Waals surface area contributed by atoms with Crippen LogP contribution in [0.5, 0.6) is 5.75 Å². The number of halogens is 1. The third kappa shape index (κ3) is 5.02. The normalized spacial score (nSPS) is 15.7. The molecule has 1 aromatic carbocycles. The second kappa shape index (κ2) is 7.63. The van der Waals surface area contributed by atoms with Gasteiger partial charge in [-0.15, -0.1) is 0 Å². The van der Waals surface area contributed by atoms with E-state index in [1.807, 2.05) is 24.3 Å². The van der Waals surface area contributed by atoms with E-state index in [1.54, 1.807) is 0 Å². The molecule has 1 fully saturated rings. The number of hydrogen-bond acceptors (Lipinski definition) is 3. The Morgan fingerprint density at radius 2 is 2.14 bits per heavy atom. The van der Waals surface area contributed by atoms with Crippen molar-refractivity contribution in [2.75, 3.05) is 6.61 Å². The standard InChI is InChI=1S/C16H20BrNO4/c17-12-4-1-5-13(10-12)22-9-2-6-14(19)18-16(7-3-8-16)11-15(20)21/h1,4-5,10H,2-3,6-9,11H2,(H,18,19)(H,20,21). The molecule has 1 aromatic rings. The summed E-state index contributed by atoms with van der Waals surface area (Å²) in [5, 5.41) is 11.8. The molecule has 22 heavy (non-hydrogen) atoms. The van der Waals surface area contributed by atoms with Gasteiger partial charge in [-0.2, -0.15) is 0 Å². The first-order chi connectivity index (χ1) is 10.5. The van der Waals surface area contributed by atoms with E-state index in [-0.39, 0.29) is 12.3 Å². The van der Waals surface area contributed by atoms with Crippen LogP contribution in [0.3, 0.4) is 0 Å². The van der Waals surface area contributed by atoms with Gasteiger partial charge in [-0.3, -0.25) is 9.59 Å². The Labute approximate surface area is 138 Å². The van der Waals surface area contributed by atoms with Gasteiger partial charge in [-0.25, -0.2) is 0 Å². The molecule has 1 aliphatic rings. The molecule has 0 radical (unpaired) electrons. The maximum Gasteiger partial charge on any atom is 0.305 e. The highest BCUT2D eigenvalue weighted by molar-refractivity contribution is 9.10. The molecule has 0 bridgehead atoms. The fraction of sp³-hybridized carbons (Fsp3) is 0.500. The van der Waals surface area contributed by atoms with Gasteiger partial charge < -0.3 is 15.2 Å². The van der Waals surface area contributed by atoms with Gasteiger partial charge in [-0.1, -0.05) is 22.0 Å². The SMILES string of the molecule is O=C(O)CC1(NC(=O)CCCOc2cccc(Br)c2)CCC1. The number of carbonyl (C=O) groups is 2. The second-order valence-electron chi connectivity index (χ2n) is 5.66. The number of rotatable bonds is 8. The smallest absolute Gasteiger partial charge is 0.305 e. The van der Waals surface area contributed by atoms with E-state index in [4.69, 9.17) is 9.84 Å². The highest BCUT2D eigenvalue weighted by Crippen LogP contribution is 2.35. The summed E-state index contributed by atoms with van der Waals surface area (Å²) in [6.07, 6.45) is 3.42. The Balaban J connectivity index is 1.68. The summed E-state index contributed by atoms with van der Waals surface area (Å²) in [5.41, 5.74) is -0.520. The first kappa shape index (κ1) is 16.8. The van der Waals surface area contributed by atoms with Crippen molar-refractivity contribution in [2.45, 2.75) is 44.1 Å². The summed E-state index contributed by atoms with van der Waals surface area (Å²) in [5.74, 6) is -0.201. The molecule has 6 heteroatoms. The first-order valence-corrected chi connectivity index (χ1v) is 8.20. The molecule has 0 saturated heterocycles. The zero-order chi connectivity index (χ0) is 16.0. The third-order valence-electron chi connectivity index (χ3n) is 3.82. The maximum absolute atomic E-state index is 11.9. The number of carboxylic acid groups (broad SMARTS) is 1. The van der Waals surface area contributed by atoms with Crippen LogP contribution in [-0.2, 0) is 9.59 Å². The lowest BCUT2D eigenvalue weighted by molar-refractivity contribution is -0.140. The van der Waals surface area contributed by atoms with Gasteiger partial charge in [0.05, 0.1) is 18.6 Å². The van der Waals surface area contributed by atoms with Gasteiger partial charge in [0.2, 0.25) is 5.91 Å². The van der Waals surface area contributed by atoms with Gasteiger partial charge in [-0.05, 0) is 43.9 Å². The van der Waals surface area contributed by atoms with Gasteiger partial charge in [0.25, 0.3) is 0 Å². The van der Waals surface area contributed by atoms with E-state index >= 15 is 0 Å². The molecule has 1 aliphatic carbocycles. The van der Waals surface area contributed by atoms with E-state index in [0.717, 1.165) is 29.5 Å². The molecule has 120 valence electrons. The Morgan fingerprint density at radius 1 is 1.36 bits per heavy atom. The zero-order valence-corrected chi connectivity index (χ0v) is 13.9. The number of nitrogens with one attached hydrogen (secondary N) is 1. The van der Waals surface area contributed by atoms with Gasteiger partial charge in [0, 0.05) is 10.9 Å². The van der Waals surface area contributed by atoms with E-state index in [1.165, 1.54) is 0 Å². The first-order valence-electron chi connectivity index (χ1n) is 7.40. The molecule has 0 heterocycles. The van der Waals surface area contributed by atoms with Crippen molar-refractivity contribution in [1.29, 1.82) is 0 Å². The second-order valence-corrected chi connectivity index (χ2v) is 6.58. The van der Waals surface area contributed by atoms with Gasteiger partial charge in [0.15, 0.2) is 0 Å². The molecule has 0 atom stereocenters. The minimum atomic E-state index is -0.863. The van der Waals surface area contributed by atoms with Crippen LogP contribution in [0.15, 0.2) is 28.7 Å². The predicted octanol–water partition coefficient (Wildman–Crippen LogP) is 3.12. The number of aliphatic carboxylic acids is 1. The molecule has 5 nitrogen and oxygen atoms in total. The Bertz CT molecular complexity index is 543. The number of benzene rings is 1. The average molecular weight is 370 g/mol. The summed E-state index contributed by atoms with van der Waals surface area (Å²) in [6, 6.07) is 7.54. The largest absolute Gasteiger partial charge is 0.494 e. The lowest BCUT2D eigenvalue weighted by atomic mass is 9.74. The van der Waals surface area contributed by atoms with Crippen LogP contribution in [-0.4, -0.2) is 29.1 Å². The van der Waals surface area contributed by atoms with Gasteiger partial charge >= 0.3 is 5.97 Å². The Hall–Kier alpha value is -1.56. The summed E-state index contributed by atoms with van der Waals surface area (Å²) in [6.45, 7) is 0.454. The molecule has 0 spiro atoms. The van der Waals surface area contributed by atoms with Crippen molar-refractivity contribution in [2.24, 2.45) is 0 Å². The molecule has 2 rings (SSSR count). The molecule has 1 amide bonds. The van der Waals surface area contributed by atoms with Gasteiger partial charge in [0.1, 0.15) is 5.75 Å². The molecule has 0 aliphatic heterocycles. The minimum Gasteiger partial charge on any atom is -0.494 e. The fourth-order valence-electron chi connectivity index (χ4n) is 2.58. The fourth-order valence-corrected chi connectivity index (χ4v) is 2.96. The van der Waals surface area contributed by atoms with Crippen LogP contribution in [0, 0.1) is 0 Å². The molecule has 1 saturated carbocycles. The van der Waals surface area contributed by atoms with Crippen LogP contribution in [0.2, 0.25) is 0 Å². The number of carboxylic acids is 1. The quantitative estimate of drug-likeness (QED) is 0.690. The van der Waals surface area contributed by atoms with Crippen LogP contribution in [0.4, 0.5) is 0 Å². The summed E-state index contributed by atoms with van der Waals surface area (Å²) in [7, 11) is 0. The van der Waals surface area contributed by atoms with Crippen LogP contribution >= 0.6 is 15.9 Å². The summed E-state index contributed by atoms with van der Waals surface area (Å²) >= 11 is 3.37. The topological polar surface area (TPSA) is 75.6 Å². The zero-order valence-electron chi connectivity index (χ0n) is 12.3. The van der Waals surface area contributed by atoms with Crippen molar-refractivity contribution in [3.63, 3.8) is 0 Å². The van der Waals surface area contributed by atoms with Crippen molar-refractivity contribution >= 4 is 27.8 Å². The Kier molecular flexibility index (Phi) is 5.83. The van der Waals surface area contributed by atoms with Crippen molar-refractivity contribution in [3.05, 3.63) is 28.7 Å². The molecule has 0 unspecified atom stereocenters. The van der Waals surface area contributed by atoms with Crippen LogP contribution in [0.25, 0.3) is 0 Å². The molecule has 0 aromatic heterocycles. The van der Waals surface area contributed by atoms with E-state index in [9.17, 15) is 9.59 Å². The van der Waals surface area contributed by atoms with Crippen LogP contribution in [0.1, 0.15) is 38.5 Å². The third-order valence-corrected chi connectivity index (χ3v) is 4.31.